The maximum atomic E-state index is 13.3. The zero-order chi connectivity index (χ0) is 33.0. The Bertz CT molecular complexity index is 1990. The van der Waals surface area contributed by atoms with Crippen LogP contribution in [0.4, 0.5) is 0 Å². The monoisotopic (exact) mass is 642 g/mol. The third kappa shape index (κ3) is 7.06. The molecule has 2 N–H and O–H groups in total. The minimum Gasteiger partial charge on any atom is -0.478 e. The van der Waals surface area contributed by atoms with E-state index in [1.54, 1.807) is 97.1 Å². The number of sulfone groups is 1. The highest BCUT2D eigenvalue weighted by Crippen LogP contribution is 2.31. The molecule has 0 radical (unpaired) electrons. The van der Waals surface area contributed by atoms with Crippen molar-refractivity contribution in [3.63, 3.8) is 0 Å². The molecular weight excluding hydrogens is 616 g/mol. The zero-order valence-electron chi connectivity index (χ0n) is 24.6. The Morgan fingerprint density at radius 2 is 0.617 bits per heavy atom. The molecule has 0 aliphatic carbocycles. The second-order valence-corrected chi connectivity index (χ2v) is 12.4. The van der Waals surface area contributed by atoms with E-state index in [-0.39, 0.29) is 20.9 Å². The highest BCUT2D eigenvalue weighted by molar-refractivity contribution is 7.91. The number of benzene rings is 6. The normalized spacial score (nSPS) is 11.1. The van der Waals surface area contributed by atoms with Crippen molar-refractivity contribution in [1.82, 2.24) is 0 Å². The lowest BCUT2D eigenvalue weighted by molar-refractivity contribution is 0.0686. The third-order valence-corrected chi connectivity index (χ3v) is 9.16. The van der Waals surface area contributed by atoms with Crippen molar-refractivity contribution in [2.24, 2.45) is 0 Å². The van der Waals surface area contributed by atoms with Crippen LogP contribution in [-0.4, -0.2) is 30.6 Å². The predicted octanol–water partition coefficient (Wildman–Crippen LogP) is 8.83. The molecule has 0 spiro atoms. The van der Waals surface area contributed by atoms with Gasteiger partial charge in [0.25, 0.3) is 0 Å². The van der Waals surface area contributed by atoms with Gasteiger partial charge >= 0.3 is 11.9 Å². The topological polar surface area (TPSA) is 127 Å². The fourth-order valence-corrected chi connectivity index (χ4v) is 6.08. The van der Waals surface area contributed by atoms with Gasteiger partial charge in [-0.3, -0.25) is 0 Å². The summed E-state index contributed by atoms with van der Waals surface area (Å²) in [6.45, 7) is 0. The number of carboxylic acids is 2. The first-order valence-electron chi connectivity index (χ1n) is 14.3. The van der Waals surface area contributed by atoms with Gasteiger partial charge in [0.2, 0.25) is 9.84 Å². The standard InChI is InChI=1S/C38H26O8S/c39-37(40)29-5-1-25(2-6-29)27-9-13-31(14-10-27)45-33-17-21-35(22-18-33)47(43,44)36-23-19-34(20-24-36)46-32-15-11-28(12-16-32)26-3-7-30(8-4-26)38(41)42/h1-24H,(H,39,40)(H,41,42). The average molecular weight is 643 g/mol. The number of carbonyl (C=O) groups is 2. The summed E-state index contributed by atoms with van der Waals surface area (Å²) in [5.41, 5.74) is 3.96. The van der Waals surface area contributed by atoms with Gasteiger partial charge in [0.15, 0.2) is 0 Å². The minimum absolute atomic E-state index is 0.116. The summed E-state index contributed by atoms with van der Waals surface area (Å²) in [6, 6.07) is 40.1. The van der Waals surface area contributed by atoms with Crippen LogP contribution >= 0.6 is 0 Å². The van der Waals surface area contributed by atoms with Gasteiger partial charge in [-0.05, 0) is 119 Å². The van der Waals surface area contributed by atoms with Gasteiger partial charge in [-0.2, -0.15) is 0 Å². The van der Waals surface area contributed by atoms with Gasteiger partial charge in [-0.15, -0.1) is 0 Å². The van der Waals surface area contributed by atoms with Crippen LogP contribution in [0.1, 0.15) is 20.7 Å². The van der Waals surface area contributed by atoms with Crippen molar-refractivity contribution in [1.29, 1.82) is 0 Å². The molecular formula is C38H26O8S. The molecule has 0 atom stereocenters. The number of ether oxygens (including phenoxy) is 2. The lowest BCUT2D eigenvalue weighted by Gasteiger charge is -2.10. The predicted molar refractivity (Wildman–Crippen MR) is 176 cm³/mol. The number of carboxylic acid groups (broad SMARTS) is 2. The molecule has 0 saturated carbocycles. The molecule has 6 rings (SSSR count). The molecule has 6 aromatic carbocycles. The summed E-state index contributed by atoms with van der Waals surface area (Å²) in [4.78, 5) is 22.4. The molecule has 9 heteroatoms. The molecule has 0 saturated heterocycles. The van der Waals surface area contributed by atoms with E-state index in [0.29, 0.717) is 23.0 Å². The van der Waals surface area contributed by atoms with E-state index in [0.717, 1.165) is 22.3 Å². The smallest absolute Gasteiger partial charge is 0.335 e. The van der Waals surface area contributed by atoms with Crippen LogP contribution in [0.2, 0.25) is 0 Å². The van der Waals surface area contributed by atoms with Crippen LogP contribution in [0.25, 0.3) is 22.3 Å². The molecule has 0 aliphatic rings. The summed E-state index contributed by atoms with van der Waals surface area (Å²) < 4.78 is 38.4. The lowest BCUT2D eigenvalue weighted by atomic mass is 10.0. The van der Waals surface area contributed by atoms with E-state index in [1.807, 2.05) is 24.3 Å². The average Bonchev–Trinajstić information content (AvgIpc) is 3.09. The molecule has 0 bridgehead atoms. The maximum absolute atomic E-state index is 13.3. The van der Waals surface area contributed by atoms with Crippen molar-refractivity contribution in [3.8, 4) is 45.3 Å². The molecule has 0 amide bonds. The quantitative estimate of drug-likeness (QED) is 0.152. The van der Waals surface area contributed by atoms with Crippen LogP contribution in [0.5, 0.6) is 23.0 Å². The first-order chi connectivity index (χ1) is 22.7. The molecule has 0 aromatic heterocycles. The van der Waals surface area contributed by atoms with Crippen molar-refractivity contribution in [2.45, 2.75) is 9.79 Å². The van der Waals surface area contributed by atoms with Crippen molar-refractivity contribution in [2.75, 3.05) is 0 Å². The van der Waals surface area contributed by atoms with Gasteiger partial charge in [0.05, 0.1) is 20.9 Å². The third-order valence-electron chi connectivity index (χ3n) is 7.38. The van der Waals surface area contributed by atoms with Crippen LogP contribution in [-0.2, 0) is 9.84 Å². The van der Waals surface area contributed by atoms with Gasteiger partial charge in [-0.1, -0.05) is 48.5 Å². The van der Waals surface area contributed by atoms with Crippen LogP contribution in [0, 0.1) is 0 Å². The number of rotatable bonds is 10. The van der Waals surface area contributed by atoms with Crippen molar-refractivity contribution < 1.29 is 37.7 Å². The fourth-order valence-electron chi connectivity index (χ4n) is 4.82. The summed E-state index contributed by atoms with van der Waals surface area (Å²) >= 11 is 0. The molecule has 0 unspecified atom stereocenters. The summed E-state index contributed by atoms with van der Waals surface area (Å²) in [5.74, 6) is 0.0984. The van der Waals surface area contributed by atoms with Gasteiger partial charge in [0, 0.05) is 0 Å². The summed E-state index contributed by atoms with van der Waals surface area (Å²) in [5, 5.41) is 18.2. The van der Waals surface area contributed by atoms with Gasteiger partial charge < -0.3 is 19.7 Å². The Kier molecular flexibility index (Phi) is 8.55. The van der Waals surface area contributed by atoms with E-state index in [4.69, 9.17) is 19.7 Å². The van der Waals surface area contributed by atoms with E-state index in [2.05, 4.69) is 0 Å². The van der Waals surface area contributed by atoms with Crippen molar-refractivity contribution >= 4 is 21.8 Å². The number of aromatic carboxylic acids is 2. The zero-order valence-corrected chi connectivity index (χ0v) is 25.4. The van der Waals surface area contributed by atoms with E-state index in [1.165, 1.54) is 24.3 Å². The van der Waals surface area contributed by atoms with E-state index >= 15 is 0 Å². The molecule has 47 heavy (non-hydrogen) atoms. The highest BCUT2D eigenvalue weighted by Gasteiger charge is 2.18. The Hall–Kier alpha value is -6.19. The molecule has 0 fully saturated rings. The first kappa shape index (κ1) is 30.8. The van der Waals surface area contributed by atoms with Crippen LogP contribution in [0.3, 0.4) is 0 Å². The van der Waals surface area contributed by atoms with Crippen molar-refractivity contribution in [3.05, 3.63) is 157 Å². The largest absolute Gasteiger partial charge is 0.478 e. The second kappa shape index (κ2) is 13.0. The molecule has 6 aromatic rings. The summed E-state index contributed by atoms with van der Waals surface area (Å²) in [7, 11) is -3.79. The number of hydrogen-bond donors (Lipinski definition) is 2. The van der Waals surface area contributed by atoms with Gasteiger partial charge in [-0.25, -0.2) is 18.0 Å². The van der Waals surface area contributed by atoms with E-state index < -0.39 is 21.8 Å². The molecule has 8 nitrogen and oxygen atoms in total. The Morgan fingerprint density at radius 1 is 0.383 bits per heavy atom. The van der Waals surface area contributed by atoms with E-state index in [9.17, 15) is 18.0 Å². The lowest BCUT2D eigenvalue weighted by Crippen LogP contribution is -2.01. The second-order valence-electron chi connectivity index (χ2n) is 10.5. The Balaban J connectivity index is 1.07. The SMILES string of the molecule is O=C(O)c1ccc(-c2ccc(Oc3ccc(S(=O)(=O)c4ccc(Oc5ccc(-c6ccc(C(=O)O)cc6)cc5)cc4)cc3)cc2)cc1. The first-order valence-corrected chi connectivity index (χ1v) is 15.8. The minimum atomic E-state index is -3.79. The maximum Gasteiger partial charge on any atom is 0.335 e. The Labute approximate surface area is 270 Å². The Morgan fingerprint density at radius 3 is 0.872 bits per heavy atom. The van der Waals surface area contributed by atoms with Crippen LogP contribution < -0.4 is 9.47 Å². The number of hydrogen-bond acceptors (Lipinski definition) is 6. The van der Waals surface area contributed by atoms with Gasteiger partial charge in [0.1, 0.15) is 23.0 Å². The van der Waals surface area contributed by atoms with Crippen LogP contribution in [0.15, 0.2) is 155 Å². The fraction of sp³-hybridized carbons (Fsp3) is 0. The molecule has 232 valence electrons. The summed E-state index contributed by atoms with van der Waals surface area (Å²) in [6.07, 6.45) is 0. The highest BCUT2D eigenvalue weighted by atomic mass is 32.2. The molecule has 0 heterocycles. The molecule has 0 aliphatic heterocycles.